The molecule has 1 aliphatic rings. The molecule has 0 spiro atoms. The van der Waals surface area contributed by atoms with Gasteiger partial charge >= 0.3 is 0 Å². The molecule has 0 aromatic carbocycles. The number of amides is 1. The molecular weight excluding hydrogens is 202 g/mol. The van der Waals surface area contributed by atoms with Crippen molar-refractivity contribution in [2.45, 2.75) is 38.8 Å². The van der Waals surface area contributed by atoms with Gasteiger partial charge in [-0.3, -0.25) is 4.79 Å². The van der Waals surface area contributed by atoms with Gasteiger partial charge in [-0.1, -0.05) is 6.92 Å². The monoisotopic (exact) mass is 219 g/mol. The van der Waals surface area contributed by atoms with Crippen LogP contribution in [-0.2, 0) is 9.53 Å². The van der Waals surface area contributed by atoms with Crippen molar-refractivity contribution < 1.29 is 9.53 Å². The maximum Gasteiger partial charge on any atom is 0.249 e. The highest BCUT2D eigenvalue weighted by Crippen LogP contribution is 2.20. The number of carbonyl (C=O) groups excluding carboxylic acids is 1. The minimum Gasteiger partial charge on any atom is -0.368 e. The third-order valence-electron chi connectivity index (χ3n) is 2.44. The lowest BCUT2D eigenvalue weighted by molar-refractivity contribution is -0.132. The van der Waals surface area contributed by atoms with E-state index in [0.717, 1.165) is 6.42 Å². The molecule has 0 aromatic rings. The minimum atomic E-state index is -0.357. The van der Waals surface area contributed by atoms with E-state index in [4.69, 9.17) is 16.3 Å². The van der Waals surface area contributed by atoms with Crippen molar-refractivity contribution in [3.8, 4) is 0 Å². The summed E-state index contributed by atoms with van der Waals surface area (Å²) in [4.78, 5) is 11.7. The summed E-state index contributed by atoms with van der Waals surface area (Å²) in [6, 6.07) is 0. The van der Waals surface area contributed by atoms with Crippen LogP contribution in [0.3, 0.4) is 0 Å². The maximum atomic E-state index is 11.7. The van der Waals surface area contributed by atoms with Crippen molar-refractivity contribution in [2.75, 3.05) is 12.5 Å². The van der Waals surface area contributed by atoms with Crippen molar-refractivity contribution in [3.05, 3.63) is 0 Å². The summed E-state index contributed by atoms with van der Waals surface area (Å²) in [5, 5.41) is 2.88. The molecule has 1 amide bonds. The van der Waals surface area contributed by atoms with Crippen molar-refractivity contribution in [2.24, 2.45) is 5.92 Å². The van der Waals surface area contributed by atoms with Crippen LogP contribution in [0.1, 0.15) is 27.2 Å². The molecule has 14 heavy (non-hydrogen) atoms. The Balaban J connectivity index is 2.49. The minimum absolute atomic E-state index is 0.0411. The fourth-order valence-corrected chi connectivity index (χ4v) is 1.54. The van der Waals surface area contributed by atoms with Crippen molar-refractivity contribution in [1.82, 2.24) is 5.32 Å². The Morgan fingerprint density at radius 2 is 2.29 bits per heavy atom. The Bertz CT molecular complexity index is 218. The molecule has 1 aliphatic heterocycles. The Kier molecular flexibility index (Phi) is 3.78. The van der Waals surface area contributed by atoms with Crippen LogP contribution in [-0.4, -0.2) is 30.0 Å². The predicted molar refractivity (Wildman–Crippen MR) is 56.5 cm³/mol. The number of hydrogen-bond acceptors (Lipinski definition) is 2. The van der Waals surface area contributed by atoms with Gasteiger partial charge in [0.05, 0.1) is 0 Å². The second-order valence-electron chi connectivity index (χ2n) is 4.56. The summed E-state index contributed by atoms with van der Waals surface area (Å²) in [6.07, 6.45) is 0.664. The number of alkyl halides is 1. The second-order valence-corrected chi connectivity index (χ2v) is 4.83. The molecule has 1 heterocycles. The molecule has 0 radical (unpaired) electrons. The van der Waals surface area contributed by atoms with Crippen LogP contribution in [0.5, 0.6) is 0 Å². The van der Waals surface area contributed by atoms with Crippen LogP contribution in [0.15, 0.2) is 0 Å². The highest BCUT2D eigenvalue weighted by molar-refractivity contribution is 6.18. The lowest BCUT2D eigenvalue weighted by atomic mass is 10.0. The molecule has 0 aromatic heterocycles. The van der Waals surface area contributed by atoms with Crippen LogP contribution in [0.2, 0.25) is 0 Å². The van der Waals surface area contributed by atoms with E-state index in [0.29, 0.717) is 18.4 Å². The topological polar surface area (TPSA) is 38.3 Å². The molecule has 2 atom stereocenters. The third-order valence-corrected chi connectivity index (χ3v) is 3.11. The molecular formula is C10H18ClNO2. The van der Waals surface area contributed by atoms with E-state index in [1.165, 1.54) is 0 Å². The lowest BCUT2D eigenvalue weighted by Gasteiger charge is -2.26. The maximum absolute atomic E-state index is 11.7. The highest BCUT2D eigenvalue weighted by Gasteiger charge is 2.33. The van der Waals surface area contributed by atoms with Gasteiger partial charge in [0, 0.05) is 18.0 Å². The zero-order valence-corrected chi connectivity index (χ0v) is 9.73. The average molecular weight is 220 g/mol. The zero-order chi connectivity index (χ0) is 10.8. The fraction of sp³-hybridized carbons (Fsp3) is 0.900. The van der Waals surface area contributed by atoms with Crippen LogP contribution < -0.4 is 5.32 Å². The Morgan fingerprint density at radius 1 is 1.64 bits per heavy atom. The summed E-state index contributed by atoms with van der Waals surface area (Å²) in [5.74, 6) is 0.668. The van der Waals surface area contributed by atoms with Gasteiger partial charge < -0.3 is 10.1 Å². The first-order chi connectivity index (χ1) is 6.46. The number of ether oxygens (including phenoxy) is 1. The van der Waals surface area contributed by atoms with Crippen molar-refractivity contribution >= 4 is 17.5 Å². The molecule has 4 heteroatoms. The molecule has 1 saturated heterocycles. The average Bonchev–Trinajstić information content (AvgIpc) is 2.51. The normalized spacial score (nSPS) is 27.7. The molecule has 3 nitrogen and oxygen atoms in total. The highest BCUT2D eigenvalue weighted by atomic mass is 35.5. The van der Waals surface area contributed by atoms with Gasteiger partial charge in [-0.25, -0.2) is 0 Å². The number of halogens is 1. The first-order valence-corrected chi connectivity index (χ1v) is 5.49. The first kappa shape index (κ1) is 11.8. The molecule has 82 valence electrons. The molecule has 1 N–H and O–H groups in total. The Hall–Kier alpha value is -0.280. The van der Waals surface area contributed by atoms with Crippen molar-refractivity contribution in [3.63, 3.8) is 0 Å². The SMILES string of the molecule is CC1CCOC1C(=O)NC(C)(C)CCl. The second kappa shape index (κ2) is 4.49. The van der Waals surface area contributed by atoms with Crippen LogP contribution in [0, 0.1) is 5.92 Å². The number of nitrogens with one attached hydrogen (secondary N) is 1. The van der Waals surface area contributed by atoms with Gasteiger partial charge in [0.25, 0.3) is 0 Å². The van der Waals surface area contributed by atoms with E-state index in [-0.39, 0.29) is 17.6 Å². The molecule has 0 bridgehead atoms. The molecule has 2 unspecified atom stereocenters. The smallest absolute Gasteiger partial charge is 0.249 e. The summed E-state index contributed by atoms with van der Waals surface area (Å²) in [7, 11) is 0. The van der Waals surface area contributed by atoms with Gasteiger partial charge in [-0.2, -0.15) is 0 Å². The van der Waals surface area contributed by atoms with Crippen LogP contribution in [0.4, 0.5) is 0 Å². The van der Waals surface area contributed by atoms with Gasteiger partial charge in [-0.05, 0) is 26.2 Å². The fourth-order valence-electron chi connectivity index (χ4n) is 1.47. The number of hydrogen-bond donors (Lipinski definition) is 1. The summed E-state index contributed by atoms with van der Waals surface area (Å²) < 4.78 is 5.36. The molecule has 0 aliphatic carbocycles. The third kappa shape index (κ3) is 2.85. The van der Waals surface area contributed by atoms with Gasteiger partial charge in [0.2, 0.25) is 5.91 Å². The van der Waals surface area contributed by atoms with Gasteiger partial charge in [-0.15, -0.1) is 11.6 Å². The van der Waals surface area contributed by atoms with E-state index in [9.17, 15) is 4.79 Å². The molecule has 1 rings (SSSR count). The Morgan fingerprint density at radius 3 is 2.71 bits per heavy atom. The van der Waals surface area contributed by atoms with Gasteiger partial charge in [0.15, 0.2) is 0 Å². The summed E-state index contributed by atoms with van der Waals surface area (Å²) in [5.41, 5.74) is -0.357. The standard InChI is InChI=1S/C10H18ClNO2/c1-7-4-5-14-8(7)9(13)12-10(2,3)6-11/h7-8H,4-6H2,1-3H3,(H,12,13). The number of rotatable bonds is 3. The van der Waals surface area contributed by atoms with Crippen molar-refractivity contribution in [1.29, 1.82) is 0 Å². The zero-order valence-electron chi connectivity index (χ0n) is 8.97. The summed E-state index contributed by atoms with van der Waals surface area (Å²) >= 11 is 5.72. The molecule has 1 fully saturated rings. The Labute approximate surface area is 90.1 Å². The quantitative estimate of drug-likeness (QED) is 0.732. The van der Waals surface area contributed by atoms with E-state index in [1.54, 1.807) is 0 Å². The lowest BCUT2D eigenvalue weighted by Crippen LogP contribution is -2.50. The van der Waals surface area contributed by atoms with E-state index < -0.39 is 0 Å². The summed E-state index contributed by atoms with van der Waals surface area (Å²) in [6.45, 7) is 6.51. The van der Waals surface area contributed by atoms with Gasteiger partial charge in [0.1, 0.15) is 6.10 Å². The van der Waals surface area contributed by atoms with E-state index >= 15 is 0 Å². The van der Waals surface area contributed by atoms with Crippen LogP contribution in [0.25, 0.3) is 0 Å². The molecule has 0 saturated carbocycles. The van der Waals surface area contributed by atoms with E-state index in [1.807, 2.05) is 20.8 Å². The number of carbonyl (C=O) groups is 1. The van der Waals surface area contributed by atoms with Crippen LogP contribution >= 0.6 is 11.6 Å². The van der Waals surface area contributed by atoms with E-state index in [2.05, 4.69) is 5.32 Å². The largest absolute Gasteiger partial charge is 0.368 e. The first-order valence-electron chi connectivity index (χ1n) is 4.96. The predicted octanol–water partition coefficient (Wildman–Crippen LogP) is 1.54.